The van der Waals surface area contributed by atoms with Crippen LogP contribution in [-0.2, 0) is 13.0 Å². The van der Waals surface area contributed by atoms with Gasteiger partial charge in [0.1, 0.15) is 0 Å². The number of rotatable bonds is 6. The van der Waals surface area contributed by atoms with Crippen molar-refractivity contribution in [2.24, 2.45) is 4.99 Å². The van der Waals surface area contributed by atoms with Crippen LogP contribution >= 0.6 is 24.0 Å². The lowest BCUT2D eigenvalue weighted by molar-refractivity contribution is 0.371. The Hall–Kier alpha value is -1.64. The average Bonchev–Trinajstić information content (AvgIpc) is 2.93. The summed E-state index contributed by atoms with van der Waals surface area (Å²) in [6.45, 7) is 3.46. The zero-order valence-electron chi connectivity index (χ0n) is 13.8. The number of aliphatic imine (C=N–C) groups is 1. The molecule has 0 saturated carbocycles. The molecule has 1 aromatic carbocycles. The molecular formula is C16H24IN5O. The van der Waals surface area contributed by atoms with Crippen LogP contribution in [-0.4, -0.2) is 41.6 Å². The van der Waals surface area contributed by atoms with Gasteiger partial charge in [-0.05, 0) is 18.9 Å². The van der Waals surface area contributed by atoms with E-state index in [1.165, 1.54) is 5.56 Å². The molecule has 0 saturated heterocycles. The molecule has 6 nitrogen and oxygen atoms in total. The number of nitrogens with one attached hydrogen (secondary N) is 1. The van der Waals surface area contributed by atoms with Gasteiger partial charge in [-0.3, -0.25) is 4.99 Å². The van der Waals surface area contributed by atoms with Gasteiger partial charge in [-0.15, -0.1) is 24.0 Å². The zero-order chi connectivity index (χ0) is 15.8. The maximum atomic E-state index is 5.09. The minimum Gasteiger partial charge on any atom is -0.356 e. The molecule has 7 heteroatoms. The highest BCUT2D eigenvalue weighted by Crippen LogP contribution is 2.03. The molecule has 0 radical (unpaired) electrons. The molecule has 0 aliphatic heterocycles. The Labute approximate surface area is 154 Å². The summed E-state index contributed by atoms with van der Waals surface area (Å²) in [6.07, 6.45) is 1.69. The average molecular weight is 429 g/mol. The predicted octanol–water partition coefficient (Wildman–Crippen LogP) is 2.64. The number of hydrogen-bond donors (Lipinski definition) is 1. The van der Waals surface area contributed by atoms with Crippen LogP contribution in [0.2, 0.25) is 0 Å². The van der Waals surface area contributed by atoms with Crippen molar-refractivity contribution < 1.29 is 4.52 Å². The Kier molecular flexibility index (Phi) is 8.60. The standard InChI is InChI=1S/C16H23N5O.HI/c1-13-19-15(22-20-13)10-7-11-18-16(17-2)21(3)12-14-8-5-4-6-9-14;/h4-6,8-9H,7,10-12H2,1-3H3,(H,17,18);1H. The first-order valence-corrected chi connectivity index (χ1v) is 7.44. The van der Waals surface area contributed by atoms with Crippen LogP contribution < -0.4 is 5.32 Å². The quantitative estimate of drug-likeness (QED) is 0.331. The summed E-state index contributed by atoms with van der Waals surface area (Å²) in [5.74, 6) is 2.25. The summed E-state index contributed by atoms with van der Waals surface area (Å²) >= 11 is 0. The van der Waals surface area contributed by atoms with Gasteiger partial charge in [0.2, 0.25) is 5.89 Å². The molecule has 1 N–H and O–H groups in total. The molecule has 0 aliphatic carbocycles. The minimum atomic E-state index is 0. The minimum absolute atomic E-state index is 0. The lowest BCUT2D eigenvalue weighted by Crippen LogP contribution is -2.39. The second kappa shape index (κ2) is 10.2. The number of nitrogens with zero attached hydrogens (tertiary/aromatic N) is 4. The van der Waals surface area contributed by atoms with Crippen molar-refractivity contribution in [2.75, 3.05) is 20.6 Å². The Balaban J connectivity index is 0.00000264. The van der Waals surface area contributed by atoms with Crippen LogP contribution in [0.4, 0.5) is 0 Å². The second-order valence-corrected chi connectivity index (χ2v) is 5.15. The monoisotopic (exact) mass is 429 g/mol. The summed E-state index contributed by atoms with van der Waals surface area (Å²) in [4.78, 5) is 10.6. The van der Waals surface area contributed by atoms with Gasteiger partial charge < -0.3 is 14.7 Å². The number of guanidine groups is 1. The van der Waals surface area contributed by atoms with Crippen LogP contribution in [0, 0.1) is 6.92 Å². The van der Waals surface area contributed by atoms with E-state index in [2.05, 4.69) is 37.5 Å². The molecule has 1 heterocycles. The van der Waals surface area contributed by atoms with Crippen molar-refractivity contribution >= 4 is 29.9 Å². The number of halogens is 1. The van der Waals surface area contributed by atoms with E-state index in [-0.39, 0.29) is 24.0 Å². The van der Waals surface area contributed by atoms with Gasteiger partial charge in [-0.1, -0.05) is 35.5 Å². The van der Waals surface area contributed by atoms with Crippen molar-refractivity contribution in [3.63, 3.8) is 0 Å². The highest BCUT2D eigenvalue weighted by molar-refractivity contribution is 14.0. The fourth-order valence-corrected chi connectivity index (χ4v) is 2.20. The summed E-state index contributed by atoms with van der Waals surface area (Å²) in [5, 5.41) is 7.14. The number of benzene rings is 1. The van der Waals surface area contributed by atoms with Crippen LogP contribution in [0.3, 0.4) is 0 Å². The van der Waals surface area contributed by atoms with Gasteiger partial charge in [0.25, 0.3) is 0 Å². The van der Waals surface area contributed by atoms with E-state index in [1.54, 1.807) is 7.05 Å². The number of aryl methyl sites for hydroxylation is 2. The van der Waals surface area contributed by atoms with Crippen molar-refractivity contribution in [1.82, 2.24) is 20.4 Å². The third-order valence-corrected chi connectivity index (χ3v) is 3.26. The van der Waals surface area contributed by atoms with E-state index in [4.69, 9.17) is 4.52 Å². The molecular weight excluding hydrogens is 405 g/mol. The summed E-state index contributed by atoms with van der Waals surface area (Å²) in [5.41, 5.74) is 1.26. The van der Waals surface area contributed by atoms with Gasteiger partial charge in [0, 0.05) is 33.6 Å². The van der Waals surface area contributed by atoms with E-state index in [1.807, 2.05) is 32.2 Å². The molecule has 0 bridgehead atoms. The lowest BCUT2D eigenvalue weighted by Gasteiger charge is -2.22. The molecule has 0 aliphatic rings. The first-order valence-electron chi connectivity index (χ1n) is 7.44. The van der Waals surface area contributed by atoms with Crippen LogP contribution in [0.1, 0.15) is 23.7 Å². The molecule has 2 rings (SSSR count). The van der Waals surface area contributed by atoms with E-state index in [0.29, 0.717) is 11.7 Å². The lowest BCUT2D eigenvalue weighted by atomic mass is 10.2. The van der Waals surface area contributed by atoms with Gasteiger partial charge >= 0.3 is 0 Å². The Bertz CT molecular complexity index is 600. The molecule has 0 amide bonds. The predicted molar refractivity (Wildman–Crippen MR) is 102 cm³/mol. The molecule has 0 atom stereocenters. The van der Waals surface area contributed by atoms with Crippen molar-refractivity contribution in [3.8, 4) is 0 Å². The van der Waals surface area contributed by atoms with E-state index < -0.39 is 0 Å². The molecule has 1 aromatic heterocycles. The highest BCUT2D eigenvalue weighted by atomic mass is 127. The molecule has 126 valence electrons. The highest BCUT2D eigenvalue weighted by Gasteiger charge is 2.07. The first-order chi connectivity index (χ1) is 10.7. The summed E-state index contributed by atoms with van der Waals surface area (Å²) in [6, 6.07) is 10.3. The first kappa shape index (κ1) is 19.4. The summed E-state index contributed by atoms with van der Waals surface area (Å²) in [7, 11) is 3.83. The van der Waals surface area contributed by atoms with Crippen LogP contribution in [0.25, 0.3) is 0 Å². The normalized spacial score (nSPS) is 11.0. The molecule has 0 fully saturated rings. The second-order valence-electron chi connectivity index (χ2n) is 5.15. The Morgan fingerprint density at radius 2 is 2.04 bits per heavy atom. The van der Waals surface area contributed by atoms with E-state index >= 15 is 0 Å². The summed E-state index contributed by atoms with van der Waals surface area (Å²) < 4.78 is 5.09. The molecule has 23 heavy (non-hydrogen) atoms. The Morgan fingerprint density at radius 3 is 2.65 bits per heavy atom. The molecule has 0 spiro atoms. The number of hydrogen-bond acceptors (Lipinski definition) is 4. The topological polar surface area (TPSA) is 66.5 Å². The van der Waals surface area contributed by atoms with E-state index in [9.17, 15) is 0 Å². The van der Waals surface area contributed by atoms with Crippen molar-refractivity contribution in [1.29, 1.82) is 0 Å². The number of aromatic nitrogens is 2. The third-order valence-electron chi connectivity index (χ3n) is 3.26. The fraction of sp³-hybridized carbons (Fsp3) is 0.438. The molecule has 0 unspecified atom stereocenters. The van der Waals surface area contributed by atoms with Crippen LogP contribution in [0.5, 0.6) is 0 Å². The maximum absolute atomic E-state index is 5.09. The molecule has 2 aromatic rings. The van der Waals surface area contributed by atoms with E-state index in [0.717, 1.165) is 31.9 Å². The Morgan fingerprint density at radius 1 is 1.30 bits per heavy atom. The SMILES string of the molecule is CN=C(NCCCc1nc(C)no1)N(C)Cc1ccccc1.I. The van der Waals surface area contributed by atoms with Crippen LogP contribution in [0.15, 0.2) is 39.8 Å². The van der Waals surface area contributed by atoms with Crippen molar-refractivity contribution in [2.45, 2.75) is 26.3 Å². The zero-order valence-corrected chi connectivity index (χ0v) is 16.2. The largest absolute Gasteiger partial charge is 0.356 e. The smallest absolute Gasteiger partial charge is 0.226 e. The van der Waals surface area contributed by atoms with Gasteiger partial charge in [0.15, 0.2) is 11.8 Å². The third kappa shape index (κ3) is 6.55. The van der Waals surface area contributed by atoms with Gasteiger partial charge in [-0.2, -0.15) is 4.98 Å². The van der Waals surface area contributed by atoms with Gasteiger partial charge in [0.05, 0.1) is 0 Å². The van der Waals surface area contributed by atoms with Gasteiger partial charge in [-0.25, -0.2) is 0 Å². The fourth-order valence-electron chi connectivity index (χ4n) is 2.20. The van der Waals surface area contributed by atoms with Crippen molar-refractivity contribution in [3.05, 3.63) is 47.6 Å². The maximum Gasteiger partial charge on any atom is 0.226 e.